The van der Waals surface area contributed by atoms with Crippen molar-refractivity contribution >= 4 is 35.6 Å². The number of hydrogen-bond donors (Lipinski definition) is 2. The first-order valence-corrected chi connectivity index (χ1v) is 6.58. The van der Waals surface area contributed by atoms with Gasteiger partial charge in [0.15, 0.2) is 0 Å². The molecule has 2 amide bonds. The highest BCUT2D eigenvalue weighted by molar-refractivity contribution is 5.98. The molecule has 1 atom stereocenters. The highest BCUT2D eigenvalue weighted by atomic mass is 35.5. The van der Waals surface area contributed by atoms with E-state index in [0.717, 1.165) is 12.1 Å². The fourth-order valence-electron chi connectivity index (χ4n) is 2.14. The number of anilines is 2. The van der Waals surface area contributed by atoms with Crippen molar-refractivity contribution < 1.29 is 14.3 Å². The summed E-state index contributed by atoms with van der Waals surface area (Å²) in [7, 11) is 1.54. The second kappa shape index (κ2) is 7.28. The topological polar surface area (TPSA) is 84.7 Å². The molecule has 0 aliphatic carbocycles. The second-order valence-corrected chi connectivity index (χ2v) is 4.81. The van der Waals surface area contributed by atoms with Crippen molar-refractivity contribution in [2.75, 3.05) is 23.9 Å². The molecule has 1 fully saturated rings. The molecule has 1 aliphatic heterocycles. The van der Waals surface area contributed by atoms with Gasteiger partial charge in [-0.15, -0.1) is 12.4 Å². The first-order chi connectivity index (χ1) is 9.52. The number of ether oxygens (including phenoxy) is 1. The van der Waals surface area contributed by atoms with Crippen molar-refractivity contribution in [3.63, 3.8) is 0 Å². The summed E-state index contributed by atoms with van der Waals surface area (Å²) >= 11 is 0. The van der Waals surface area contributed by atoms with Crippen LogP contribution in [0.4, 0.5) is 11.4 Å². The van der Waals surface area contributed by atoms with Crippen LogP contribution in [0.15, 0.2) is 18.2 Å². The highest BCUT2D eigenvalue weighted by Crippen LogP contribution is 2.33. The van der Waals surface area contributed by atoms with Gasteiger partial charge in [0.2, 0.25) is 11.8 Å². The molecular formula is C14H20ClN3O3. The monoisotopic (exact) mass is 313 g/mol. The van der Waals surface area contributed by atoms with Crippen LogP contribution in [-0.2, 0) is 9.59 Å². The molecule has 0 bridgehead atoms. The lowest BCUT2D eigenvalue weighted by Gasteiger charge is -2.20. The fraction of sp³-hybridized carbons (Fsp3) is 0.429. The van der Waals surface area contributed by atoms with E-state index in [9.17, 15) is 9.59 Å². The van der Waals surface area contributed by atoms with Gasteiger partial charge in [0, 0.05) is 24.7 Å². The molecule has 1 aromatic carbocycles. The van der Waals surface area contributed by atoms with Crippen LogP contribution in [0.25, 0.3) is 0 Å². The molecule has 116 valence electrons. The van der Waals surface area contributed by atoms with Gasteiger partial charge in [-0.3, -0.25) is 9.59 Å². The number of carbonyl (C=O) groups excluding carboxylic acids is 2. The van der Waals surface area contributed by atoms with Crippen molar-refractivity contribution in [1.29, 1.82) is 0 Å². The Morgan fingerprint density at radius 3 is 2.71 bits per heavy atom. The molecular weight excluding hydrogens is 294 g/mol. The Morgan fingerprint density at radius 1 is 1.48 bits per heavy atom. The zero-order valence-electron chi connectivity index (χ0n) is 12.1. The molecule has 1 aliphatic rings. The van der Waals surface area contributed by atoms with Crippen LogP contribution in [0.5, 0.6) is 5.75 Å². The molecule has 0 spiro atoms. The lowest BCUT2D eigenvalue weighted by Crippen LogP contribution is -2.32. The highest BCUT2D eigenvalue weighted by Gasteiger charge is 2.24. The van der Waals surface area contributed by atoms with Gasteiger partial charge in [-0.25, -0.2) is 0 Å². The first-order valence-electron chi connectivity index (χ1n) is 6.58. The molecule has 3 N–H and O–H groups in total. The van der Waals surface area contributed by atoms with Crippen molar-refractivity contribution in [2.24, 2.45) is 5.73 Å². The molecule has 0 aromatic heterocycles. The standard InChI is InChI=1S/C14H19N3O3.ClH/c1-9(15)14(19)16-10-5-6-11(12(8-10)20-2)17-7-3-4-13(17)18;/h5-6,8-9H,3-4,7,15H2,1-2H3,(H,16,19);1H/t9-;/m1./s1. The van der Waals surface area contributed by atoms with E-state index in [1.54, 1.807) is 30.0 Å². The van der Waals surface area contributed by atoms with Crippen LogP contribution in [0, 0.1) is 0 Å². The number of rotatable bonds is 4. The molecule has 0 saturated carbocycles. The quantitative estimate of drug-likeness (QED) is 0.883. The largest absolute Gasteiger partial charge is 0.494 e. The molecule has 1 heterocycles. The first kappa shape index (κ1) is 17.3. The van der Waals surface area contributed by atoms with E-state index in [1.807, 2.05) is 0 Å². The lowest BCUT2D eigenvalue weighted by molar-refractivity contribution is -0.117. The lowest BCUT2D eigenvalue weighted by atomic mass is 10.2. The summed E-state index contributed by atoms with van der Waals surface area (Å²) in [6.45, 7) is 2.31. The van der Waals surface area contributed by atoms with Gasteiger partial charge in [0.1, 0.15) is 5.75 Å². The molecule has 1 aromatic rings. The summed E-state index contributed by atoms with van der Waals surface area (Å²) in [6.07, 6.45) is 1.41. The predicted molar refractivity (Wildman–Crippen MR) is 84.1 cm³/mol. The van der Waals surface area contributed by atoms with E-state index in [4.69, 9.17) is 10.5 Å². The van der Waals surface area contributed by atoms with Gasteiger partial charge in [-0.2, -0.15) is 0 Å². The van der Waals surface area contributed by atoms with Crippen molar-refractivity contribution in [1.82, 2.24) is 0 Å². The Labute approximate surface area is 130 Å². The molecule has 2 rings (SSSR count). The van der Waals surface area contributed by atoms with E-state index in [-0.39, 0.29) is 24.2 Å². The van der Waals surface area contributed by atoms with Crippen molar-refractivity contribution in [2.45, 2.75) is 25.8 Å². The van der Waals surface area contributed by atoms with Gasteiger partial charge in [-0.05, 0) is 25.5 Å². The SMILES string of the molecule is COc1cc(NC(=O)[C@@H](C)N)ccc1N1CCCC1=O.Cl. The molecule has 21 heavy (non-hydrogen) atoms. The third-order valence-corrected chi connectivity index (χ3v) is 3.23. The molecule has 1 saturated heterocycles. The van der Waals surface area contributed by atoms with E-state index < -0.39 is 6.04 Å². The van der Waals surface area contributed by atoms with E-state index in [2.05, 4.69) is 5.32 Å². The predicted octanol–water partition coefficient (Wildman–Crippen LogP) is 1.53. The number of nitrogens with zero attached hydrogens (tertiary/aromatic N) is 1. The number of nitrogens with one attached hydrogen (secondary N) is 1. The van der Waals surface area contributed by atoms with Crippen molar-refractivity contribution in [3.05, 3.63) is 18.2 Å². The van der Waals surface area contributed by atoms with Crippen LogP contribution >= 0.6 is 12.4 Å². The molecule has 6 nitrogen and oxygen atoms in total. The van der Waals surface area contributed by atoms with Crippen LogP contribution in [0.3, 0.4) is 0 Å². The summed E-state index contributed by atoms with van der Waals surface area (Å²) in [6, 6.07) is 4.63. The average Bonchev–Trinajstić information content (AvgIpc) is 2.84. The summed E-state index contributed by atoms with van der Waals surface area (Å²) in [5.74, 6) is 0.385. The van der Waals surface area contributed by atoms with Crippen LogP contribution in [0.1, 0.15) is 19.8 Å². The number of benzene rings is 1. The van der Waals surface area contributed by atoms with Crippen LogP contribution < -0.4 is 20.7 Å². The van der Waals surface area contributed by atoms with Gasteiger partial charge in [0.25, 0.3) is 0 Å². The van der Waals surface area contributed by atoms with Crippen molar-refractivity contribution in [3.8, 4) is 5.75 Å². The maximum Gasteiger partial charge on any atom is 0.241 e. The van der Waals surface area contributed by atoms with Gasteiger partial charge >= 0.3 is 0 Å². The maximum absolute atomic E-state index is 11.8. The second-order valence-electron chi connectivity index (χ2n) is 4.81. The number of nitrogens with two attached hydrogens (primary N) is 1. The summed E-state index contributed by atoms with van der Waals surface area (Å²) in [5, 5.41) is 2.70. The molecule has 0 radical (unpaired) electrons. The van der Waals surface area contributed by atoms with E-state index in [1.165, 1.54) is 7.11 Å². The summed E-state index contributed by atoms with van der Waals surface area (Å²) < 4.78 is 5.31. The fourth-order valence-corrected chi connectivity index (χ4v) is 2.14. The van der Waals surface area contributed by atoms with Crippen LogP contribution in [0.2, 0.25) is 0 Å². The summed E-state index contributed by atoms with van der Waals surface area (Å²) in [5.41, 5.74) is 6.83. The average molecular weight is 314 g/mol. The van der Waals surface area contributed by atoms with Crippen LogP contribution in [-0.4, -0.2) is 31.5 Å². The van der Waals surface area contributed by atoms with Gasteiger partial charge in [-0.1, -0.05) is 0 Å². The minimum atomic E-state index is -0.583. The summed E-state index contributed by atoms with van der Waals surface area (Å²) in [4.78, 5) is 25.0. The number of hydrogen-bond acceptors (Lipinski definition) is 4. The molecule has 0 unspecified atom stereocenters. The number of methoxy groups -OCH3 is 1. The zero-order valence-corrected chi connectivity index (χ0v) is 12.9. The Morgan fingerprint density at radius 2 is 2.19 bits per heavy atom. The van der Waals surface area contributed by atoms with E-state index in [0.29, 0.717) is 24.4 Å². The van der Waals surface area contributed by atoms with E-state index >= 15 is 0 Å². The smallest absolute Gasteiger partial charge is 0.241 e. The minimum absolute atomic E-state index is 0. The Hall–Kier alpha value is -1.79. The molecule has 7 heteroatoms. The third kappa shape index (κ3) is 3.86. The number of carbonyl (C=O) groups is 2. The Balaban J connectivity index is 0.00000220. The minimum Gasteiger partial charge on any atom is -0.494 e. The Bertz CT molecular complexity index is 534. The van der Waals surface area contributed by atoms with Gasteiger partial charge < -0.3 is 20.7 Å². The number of amides is 2. The number of halogens is 1. The third-order valence-electron chi connectivity index (χ3n) is 3.23. The normalized spacial score (nSPS) is 15.4. The maximum atomic E-state index is 11.8. The zero-order chi connectivity index (χ0) is 14.7. The van der Waals surface area contributed by atoms with Gasteiger partial charge in [0.05, 0.1) is 18.8 Å². The Kier molecular flexibility index (Phi) is 5.99.